The van der Waals surface area contributed by atoms with Crippen molar-refractivity contribution < 1.29 is 13.6 Å². The van der Waals surface area contributed by atoms with Crippen molar-refractivity contribution in [3.05, 3.63) is 81.9 Å². The standard InChI is InChI=1S/C18H15F2N3O2/c1-12-5-7-13(8-6-12)18(19,20)17(25)21-11-14-10-16(24)23-9-3-2-4-15(23)22-14/h2-10H,11H2,1H3,(H,21,25). The Morgan fingerprint density at radius 2 is 1.92 bits per heavy atom. The van der Waals surface area contributed by atoms with E-state index < -0.39 is 11.8 Å². The van der Waals surface area contributed by atoms with Gasteiger partial charge in [-0.25, -0.2) is 4.98 Å². The molecular weight excluding hydrogens is 328 g/mol. The predicted molar refractivity (Wildman–Crippen MR) is 88.4 cm³/mol. The smallest absolute Gasteiger partial charge is 0.345 e. The molecule has 0 atom stereocenters. The molecule has 0 unspecified atom stereocenters. The zero-order valence-electron chi connectivity index (χ0n) is 13.4. The number of carbonyl (C=O) groups is 1. The summed E-state index contributed by atoms with van der Waals surface area (Å²) in [6.45, 7) is 1.51. The highest BCUT2D eigenvalue weighted by Crippen LogP contribution is 2.28. The summed E-state index contributed by atoms with van der Waals surface area (Å²) in [4.78, 5) is 28.0. The number of pyridine rings is 1. The van der Waals surface area contributed by atoms with Crippen LogP contribution in [0.5, 0.6) is 0 Å². The van der Waals surface area contributed by atoms with Gasteiger partial charge in [0.2, 0.25) is 0 Å². The molecule has 0 aliphatic rings. The molecule has 3 aromatic rings. The molecule has 0 bridgehead atoms. The lowest BCUT2D eigenvalue weighted by Crippen LogP contribution is -2.38. The third kappa shape index (κ3) is 3.40. The average Bonchev–Trinajstić information content (AvgIpc) is 2.60. The number of rotatable bonds is 4. The number of nitrogens with one attached hydrogen (secondary N) is 1. The van der Waals surface area contributed by atoms with Gasteiger partial charge in [-0.15, -0.1) is 0 Å². The molecule has 7 heteroatoms. The molecule has 0 saturated carbocycles. The summed E-state index contributed by atoms with van der Waals surface area (Å²) in [7, 11) is 0. The lowest BCUT2D eigenvalue weighted by molar-refractivity contribution is -0.147. The first-order valence-corrected chi connectivity index (χ1v) is 7.58. The van der Waals surface area contributed by atoms with E-state index in [1.54, 1.807) is 31.3 Å². The molecule has 3 rings (SSSR count). The quantitative estimate of drug-likeness (QED) is 0.791. The number of hydrogen-bond donors (Lipinski definition) is 1. The van der Waals surface area contributed by atoms with Crippen LogP contribution in [0, 0.1) is 6.92 Å². The molecular formula is C18H15F2N3O2. The van der Waals surface area contributed by atoms with Crippen molar-refractivity contribution in [1.29, 1.82) is 0 Å². The van der Waals surface area contributed by atoms with Crippen LogP contribution in [0.4, 0.5) is 8.78 Å². The van der Waals surface area contributed by atoms with Crippen molar-refractivity contribution in [1.82, 2.24) is 14.7 Å². The van der Waals surface area contributed by atoms with Crippen LogP contribution in [0.2, 0.25) is 0 Å². The van der Waals surface area contributed by atoms with Crippen LogP contribution in [-0.2, 0) is 17.3 Å². The Bertz CT molecular complexity index is 982. The first-order chi connectivity index (χ1) is 11.9. The SMILES string of the molecule is Cc1ccc(C(F)(F)C(=O)NCc2cc(=O)n3ccccc3n2)cc1. The Hall–Kier alpha value is -3.09. The maximum atomic E-state index is 14.2. The van der Waals surface area contributed by atoms with Gasteiger partial charge in [0, 0.05) is 17.8 Å². The number of amides is 1. The average molecular weight is 343 g/mol. The second kappa shape index (κ2) is 6.43. The van der Waals surface area contributed by atoms with E-state index in [0.29, 0.717) is 5.65 Å². The minimum atomic E-state index is -3.67. The summed E-state index contributed by atoms with van der Waals surface area (Å²) in [6.07, 6.45) is 1.55. The van der Waals surface area contributed by atoms with Gasteiger partial charge in [0.05, 0.1) is 12.2 Å². The van der Waals surface area contributed by atoms with Crippen LogP contribution in [0.25, 0.3) is 5.65 Å². The molecule has 0 radical (unpaired) electrons. The van der Waals surface area contributed by atoms with Crippen LogP contribution >= 0.6 is 0 Å². The first-order valence-electron chi connectivity index (χ1n) is 7.58. The van der Waals surface area contributed by atoms with E-state index in [-0.39, 0.29) is 23.4 Å². The molecule has 128 valence electrons. The fourth-order valence-electron chi connectivity index (χ4n) is 2.37. The van der Waals surface area contributed by atoms with E-state index in [1.165, 1.54) is 34.7 Å². The van der Waals surface area contributed by atoms with E-state index >= 15 is 0 Å². The molecule has 1 amide bonds. The van der Waals surface area contributed by atoms with Gasteiger partial charge in [0.1, 0.15) is 5.65 Å². The van der Waals surface area contributed by atoms with Crippen LogP contribution in [0.15, 0.2) is 59.5 Å². The van der Waals surface area contributed by atoms with Gasteiger partial charge in [0.25, 0.3) is 11.5 Å². The predicted octanol–water partition coefficient (Wildman–Crippen LogP) is 2.41. The fourth-order valence-corrected chi connectivity index (χ4v) is 2.37. The van der Waals surface area contributed by atoms with Crippen molar-refractivity contribution in [3.63, 3.8) is 0 Å². The topological polar surface area (TPSA) is 63.5 Å². The maximum absolute atomic E-state index is 14.2. The van der Waals surface area contributed by atoms with E-state index in [1.807, 2.05) is 0 Å². The first kappa shape index (κ1) is 16.8. The van der Waals surface area contributed by atoms with E-state index in [4.69, 9.17) is 0 Å². The van der Waals surface area contributed by atoms with Crippen molar-refractivity contribution in [3.8, 4) is 0 Å². The van der Waals surface area contributed by atoms with Gasteiger partial charge >= 0.3 is 5.92 Å². The van der Waals surface area contributed by atoms with Gasteiger partial charge in [-0.3, -0.25) is 14.0 Å². The molecule has 25 heavy (non-hydrogen) atoms. The lowest BCUT2D eigenvalue weighted by atomic mass is 10.1. The van der Waals surface area contributed by atoms with Crippen molar-refractivity contribution >= 4 is 11.6 Å². The van der Waals surface area contributed by atoms with Gasteiger partial charge in [-0.05, 0) is 19.1 Å². The van der Waals surface area contributed by atoms with E-state index in [0.717, 1.165) is 5.56 Å². The number of nitrogens with zero attached hydrogens (tertiary/aromatic N) is 2. The minimum Gasteiger partial charge on any atom is -0.345 e. The number of aryl methyl sites for hydroxylation is 1. The zero-order valence-corrected chi connectivity index (χ0v) is 13.4. The summed E-state index contributed by atoms with van der Waals surface area (Å²) in [6, 6.07) is 11.7. The van der Waals surface area contributed by atoms with Gasteiger partial charge < -0.3 is 5.32 Å². The maximum Gasteiger partial charge on any atom is 0.349 e. The summed E-state index contributed by atoms with van der Waals surface area (Å²) >= 11 is 0. The number of hydrogen-bond acceptors (Lipinski definition) is 3. The summed E-state index contributed by atoms with van der Waals surface area (Å²) in [5.41, 5.74) is 0.678. The molecule has 0 aliphatic carbocycles. The van der Waals surface area contributed by atoms with Crippen molar-refractivity contribution in [2.75, 3.05) is 0 Å². The third-order valence-corrected chi connectivity index (χ3v) is 3.75. The normalized spacial score (nSPS) is 11.5. The van der Waals surface area contributed by atoms with E-state index in [9.17, 15) is 18.4 Å². The Morgan fingerprint density at radius 1 is 1.20 bits per heavy atom. The van der Waals surface area contributed by atoms with Gasteiger partial charge in [-0.2, -0.15) is 8.78 Å². The molecule has 2 aromatic heterocycles. The summed E-state index contributed by atoms with van der Waals surface area (Å²) < 4.78 is 29.8. The van der Waals surface area contributed by atoms with Crippen molar-refractivity contribution in [2.24, 2.45) is 0 Å². The van der Waals surface area contributed by atoms with Crippen molar-refractivity contribution in [2.45, 2.75) is 19.4 Å². The second-order valence-corrected chi connectivity index (χ2v) is 5.64. The van der Waals surface area contributed by atoms with Crippen LogP contribution in [-0.4, -0.2) is 15.3 Å². The number of benzene rings is 1. The minimum absolute atomic E-state index is 0.212. The lowest BCUT2D eigenvalue weighted by Gasteiger charge is -2.16. The number of alkyl halides is 2. The number of carbonyl (C=O) groups excluding carboxylic acids is 1. The largest absolute Gasteiger partial charge is 0.349 e. The molecule has 0 fully saturated rings. The molecule has 0 aliphatic heterocycles. The highest BCUT2D eigenvalue weighted by Gasteiger charge is 2.40. The van der Waals surface area contributed by atoms with Gasteiger partial charge in [0.15, 0.2) is 0 Å². The fraction of sp³-hybridized carbons (Fsp3) is 0.167. The number of halogens is 2. The monoisotopic (exact) mass is 343 g/mol. The Kier molecular flexibility index (Phi) is 4.31. The van der Waals surface area contributed by atoms with Gasteiger partial charge in [-0.1, -0.05) is 35.9 Å². The molecule has 1 N–H and O–H groups in total. The molecule has 2 heterocycles. The third-order valence-electron chi connectivity index (χ3n) is 3.75. The van der Waals surface area contributed by atoms with Crippen LogP contribution in [0.1, 0.15) is 16.8 Å². The highest BCUT2D eigenvalue weighted by atomic mass is 19.3. The van der Waals surface area contributed by atoms with Crippen LogP contribution in [0.3, 0.4) is 0 Å². The Balaban J connectivity index is 1.77. The zero-order chi connectivity index (χ0) is 18.0. The number of aromatic nitrogens is 2. The second-order valence-electron chi connectivity index (χ2n) is 5.64. The van der Waals surface area contributed by atoms with E-state index in [2.05, 4.69) is 10.3 Å². The molecule has 0 spiro atoms. The molecule has 5 nitrogen and oxygen atoms in total. The Labute approximate surface area is 142 Å². The highest BCUT2D eigenvalue weighted by molar-refractivity contribution is 5.84. The summed E-state index contributed by atoms with van der Waals surface area (Å²) in [5.74, 6) is -5.11. The molecule has 0 saturated heterocycles. The summed E-state index contributed by atoms with van der Waals surface area (Å²) in [5, 5.41) is 2.14. The molecule has 1 aromatic carbocycles. The van der Waals surface area contributed by atoms with Crippen LogP contribution < -0.4 is 10.9 Å². The Morgan fingerprint density at radius 3 is 2.64 bits per heavy atom. The number of fused-ring (bicyclic) bond motifs is 1.